The summed E-state index contributed by atoms with van der Waals surface area (Å²) in [7, 11) is 0. The van der Waals surface area contributed by atoms with Gasteiger partial charge in [0, 0.05) is 28.2 Å². The average molecular weight is 372 g/mol. The fourth-order valence-electron chi connectivity index (χ4n) is 2.78. The molecule has 26 heavy (non-hydrogen) atoms. The summed E-state index contributed by atoms with van der Waals surface area (Å²) in [6.45, 7) is 4.49. The molecule has 1 fully saturated rings. The molecular formula is C20H25N3O2S. The minimum Gasteiger partial charge on any atom is -0.349 e. The lowest BCUT2D eigenvalue weighted by Gasteiger charge is -2.21. The first-order valence-corrected chi connectivity index (χ1v) is 9.88. The van der Waals surface area contributed by atoms with E-state index in [9.17, 15) is 9.59 Å². The Morgan fingerprint density at radius 3 is 2.65 bits per heavy atom. The Balaban J connectivity index is 1.55. The first-order chi connectivity index (χ1) is 12.5. The summed E-state index contributed by atoms with van der Waals surface area (Å²) < 4.78 is 0. The van der Waals surface area contributed by atoms with E-state index < -0.39 is 0 Å². The Hall–Kier alpha value is -2.18. The predicted molar refractivity (Wildman–Crippen MR) is 105 cm³/mol. The van der Waals surface area contributed by atoms with Crippen molar-refractivity contribution in [3.05, 3.63) is 52.2 Å². The van der Waals surface area contributed by atoms with E-state index in [1.807, 2.05) is 11.4 Å². The fraction of sp³-hybridized carbons (Fsp3) is 0.400. The molecule has 2 aromatic rings. The molecule has 1 saturated carbocycles. The van der Waals surface area contributed by atoms with Gasteiger partial charge >= 0.3 is 0 Å². The minimum absolute atomic E-state index is 0.0840. The number of carbonyl (C=O) groups is 2. The zero-order chi connectivity index (χ0) is 18.5. The van der Waals surface area contributed by atoms with Crippen LogP contribution in [0.1, 0.15) is 48.0 Å². The fourth-order valence-corrected chi connectivity index (χ4v) is 3.75. The van der Waals surface area contributed by atoms with Crippen LogP contribution in [0.15, 0.2) is 41.8 Å². The molecule has 0 aliphatic heterocycles. The standard InChI is InChI=1S/C20H25N3O2S/c1-13(2)19(17-7-4-10-26-17)21-12-18(24)22-16-6-3-5-14(11-16)20(25)23-15-8-9-15/h3-7,10-11,13,15,19,21H,8-9,12H2,1-2H3,(H,22,24)(H,23,25). The molecule has 138 valence electrons. The van der Waals surface area contributed by atoms with Crippen molar-refractivity contribution < 1.29 is 9.59 Å². The molecule has 3 rings (SSSR count). The van der Waals surface area contributed by atoms with Crippen molar-refractivity contribution in [3.8, 4) is 0 Å². The van der Waals surface area contributed by atoms with Gasteiger partial charge in [0.25, 0.3) is 5.91 Å². The SMILES string of the molecule is CC(C)C(NCC(=O)Nc1cccc(C(=O)NC2CC2)c1)c1cccs1. The van der Waals surface area contributed by atoms with Gasteiger partial charge in [0.05, 0.1) is 6.54 Å². The maximum absolute atomic E-state index is 12.3. The van der Waals surface area contributed by atoms with Crippen LogP contribution in [0.3, 0.4) is 0 Å². The van der Waals surface area contributed by atoms with Gasteiger partial charge in [-0.05, 0) is 48.4 Å². The zero-order valence-electron chi connectivity index (χ0n) is 15.1. The van der Waals surface area contributed by atoms with Crippen molar-refractivity contribution in [1.82, 2.24) is 10.6 Å². The quantitative estimate of drug-likeness (QED) is 0.664. The Morgan fingerprint density at radius 1 is 1.19 bits per heavy atom. The van der Waals surface area contributed by atoms with Crippen molar-refractivity contribution in [2.45, 2.75) is 38.8 Å². The number of benzene rings is 1. The summed E-state index contributed by atoms with van der Waals surface area (Å²) in [5, 5.41) is 11.2. The highest BCUT2D eigenvalue weighted by molar-refractivity contribution is 7.10. The van der Waals surface area contributed by atoms with E-state index in [4.69, 9.17) is 0 Å². The molecule has 0 radical (unpaired) electrons. The van der Waals surface area contributed by atoms with Crippen LogP contribution in [-0.4, -0.2) is 24.4 Å². The predicted octanol–water partition coefficient (Wildman–Crippen LogP) is 3.57. The molecule has 1 aliphatic carbocycles. The Morgan fingerprint density at radius 2 is 2.00 bits per heavy atom. The van der Waals surface area contributed by atoms with Gasteiger partial charge in [-0.3, -0.25) is 9.59 Å². The molecule has 2 amide bonds. The monoisotopic (exact) mass is 371 g/mol. The first kappa shape index (κ1) is 18.6. The van der Waals surface area contributed by atoms with E-state index in [0.29, 0.717) is 23.2 Å². The van der Waals surface area contributed by atoms with Crippen LogP contribution in [0, 0.1) is 5.92 Å². The number of nitrogens with one attached hydrogen (secondary N) is 3. The van der Waals surface area contributed by atoms with Crippen molar-refractivity contribution in [1.29, 1.82) is 0 Å². The Kier molecular flexibility index (Phi) is 6.06. The molecule has 1 unspecified atom stereocenters. The van der Waals surface area contributed by atoms with E-state index in [2.05, 4.69) is 35.9 Å². The van der Waals surface area contributed by atoms with Gasteiger partial charge in [-0.2, -0.15) is 0 Å². The molecule has 0 saturated heterocycles. The van der Waals surface area contributed by atoms with Gasteiger partial charge in [0.15, 0.2) is 0 Å². The normalized spacial score (nSPS) is 14.9. The number of rotatable bonds is 8. The largest absolute Gasteiger partial charge is 0.349 e. The summed E-state index contributed by atoms with van der Waals surface area (Å²) in [6, 6.07) is 11.6. The lowest BCUT2D eigenvalue weighted by molar-refractivity contribution is -0.115. The zero-order valence-corrected chi connectivity index (χ0v) is 15.9. The van der Waals surface area contributed by atoms with Crippen molar-refractivity contribution in [2.24, 2.45) is 5.92 Å². The van der Waals surface area contributed by atoms with Crippen LogP contribution < -0.4 is 16.0 Å². The van der Waals surface area contributed by atoms with Gasteiger partial charge in [0.1, 0.15) is 0 Å². The maximum atomic E-state index is 12.3. The first-order valence-electron chi connectivity index (χ1n) is 9.00. The second kappa shape index (κ2) is 8.47. The number of hydrogen-bond donors (Lipinski definition) is 3. The highest BCUT2D eigenvalue weighted by Crippen LogP contribution is 2.25. The summed E-state index contributed by atoms with van der Waals surface area (Å²) in [5.74, 6) is 0.183. The molecule has 1 aliphatic rings. The van der Waals surface area contributed by atoms with Gasteiger partial charge in [0.2, 0.25) is 5.91 Å². The van der Waals surface area contributed by atoms with Crippen LogP contribution in [0.2, 0.25) is 0 Å². The van der Waals surface area contributed by atoms with Crippen LogP contribution in [0.4, 0.5) is 5.69 Å². The smallest absolute Gasteiger partial charge is 0.251 e. The number of amides is 2. The van der Waals surface area contributed by atoms with Crippen LogP contribution >= 0.6 is 11.3 Å². The summed E-state index contributed by atoms with van der Waals surface area (Å²) in [4.78, 5) is 25.7. The van der Waals surface area contributed by atoms with Gasteiger partial charge in [-0.25, -0.2) is 0 Å². The number of thiophene rings is 1. The summed E-state index contributed by atoms with van der Waals surface area (Å²) >= 11 is 1.69. The third-order valence-corrected chi connectivity index (χ3v) is 5.28. The summed E-state index contributed by atoms with van der Waals surface area (Å²) in [5.41, 5.74) is 1.21. The molecule has 1 atom stereocenters. The van der Waals surface area contributed by atoms with Gasteiger partial charge in [-0.1, -0.05) is 26.0 Å². The molecule has 0 spiro atoms. The lowest BCUT2D eigenvalue weighted by Crippen LogP contribution is -2.33. The van der Waals surface area contributed by atoms with Crippen molar-refractivity contribution in [2.75, 3.05) is 11.9 Å². The number of hydrogen-bond acceptors (Lipinski definition) is 4. The number of carbonyl (C=O) groups excluding carboxylic acids is 2. The van der Waals surface area contributed by atoms with E-state index >= 15 is 0 Å². The van der Waals surface area contributed by atoms with Crippen LogP contribution in [0.25, 0.3) is 0 Å². The van der Waals surface area contributed by atoms with Crippen LogP contribution in [0.5, 0.6) is 0 Å². The maximum Gasteiger partial charge on any atom is 0.251 e. The minimum atomic E-state index is -0.119. The third-order valence-electron chi connectivity index (χ3n) is 4.32. The highest BCUT2D eigenvalue weighted by Gasteiger charge is 2.24. The topological polar surface area (TPSA) is 70.2 Å². The van der Waals surface area contributed by atoms with Crippen molar-refractivity contribution in [3.63, 3.8) is 0 Å². The molecular weight excluding hydrogens is 346 g/mol. The highest BCUT2D eigenvalue weighted by atomic mass is 32.1. The molecule has 5 nitrogen and oxygen atoms in total. The van der Waals surface area contributed by atoms with E-state index in [-0.39, 0.29) is 24.4 Å². The second-order valence-electron chi connectivity index (χ2n) is 6.99. The van der Waals surface area contributed by atoms with Crippen LogP contribution in [-0.2, 0) is 4.79 Å². The molecule has 1 aromatic carbocycles. The number of anilines is 1. The van der Waals surface area contributed by atoms with Gasteiger partial charge in [-0.15, -0.1) is 11.3 Å². The van der Waals surface area contributed by atoms with Gasteiger partial charge < -0.3 is 16.0 Å². The molecule has 0 bridgehead atoms. The van der Waals surface area contributed by atoms with Crippen molar-refractivity contribution >= 4 is 28.8 Å². The molecule has 3 N–H and O–H groups in total. The molecule has 1 aromatic heterocycles. The Bertz CT molecular complexity index is 754. The third kappa shape index (κ3) is 5.16. The molecule has 6 heteroatoms. The summed E-state index contributed by atoms with van der Waals surface area (Å²) in [6.07, 6.45) is 2.10. The van der Waals surface area contributed by atoms with E-state index in [1.165, 1.54) is 4.88 Å². The molecule has 1 heterocycles. The van der Waals surface area contributed by atoms with E-state index in [0.717, 1.165) is 12.8 Å². The second-order valence-corrected chi connectivity index (χ2v) is 7.97. The lowest BCUT2D eigenvalue weighted by atomic mass is 10.0. The Labute approximate surface area is 158 Å². The average Bonchev–Trinajstić information content (AvgIpc) is 3.26. The van der Waals surface area contributed by atoms with E-state index in [1.54, 1.807) is 35.6 Å².